The number of ether oxygens (including phenoxy) is 1. The number of carboxylic acid groups (broad SMARTS) is 1. The number of nitrogens with one attached hydrogen (secondary N) is 1. The molecule has 0 bridgehead atoms. The number of fused-ring (bicyclic) bond motifs is 2. The van der Waals surface area contributed by atoms with Gasteiger partial charge < -0.3 is 19.7 Å². The zero-order chi connectivity index (χ0) is 19.3. The van der Waals surface area contributed by atoms with Crippen LogP contribution in [0.4, 0.5) is 9.18 Å². The number of H-pyrrole nitrogens is 1. The molecule has 7 nitrogen and oxygen atoms in total. The lowest BCUT2D eigenvalue weighted by Gasteiger charge is -2.30. The fourth-order valence-corrected chi connectivity index (χ4v) is 4.49. The molecule has 0 saturated heterocycles. The highest BCUT2D eigenvalue weighted by molar-refractivity contribution is 7.15. The predicted molar refractivity (Wildman–Crippen MR) is 97.4 cm³/mol. The lowest BCUT2D eigenvalue weighted by atomic mass is 10.0. The number of aromatic amines is 1. The van der Waals surface area contributed by atoms with Gasteiger partial charge in [0, 0.05) is 10.9 Å². The van der Waals surface area contributed by atoms with Crippen LogP contribution in [0.1, 0.15) is 27.7 Å². The van der Waals surface area contributed by atoms with Crippen LogP contribution in [0.5, 0.6) is 0 Å². The molecule has 4 rings (SSSR count). The molecule has 140 valence electrons. The lowest BCUT2D eigenvalue weighted by Crippen LogP contribution is -2.41. The van der Waals surface area contributed by atoms with Crippen LogP contribution in [0.3, 0.4) is 0 Å². The number of methoxy groups -OCH3 is 1. The van der Waals surface area contributed by atoms with Crippen LogP contribution in [-0.4, -0.2) is 45.2 Å². The van der Waals surface area contributed by atoms with E-state index in [0.717, 1.165) is 21.4 Å². The monoisotopic (exact) mass is 389 g/mol. The second-order valence-corrected chi connectivity index (χ2v) is 7.59. The van der Waals surface area contributed by atoms with Gasteiger partial charge in [0.1, 0.15) is 17.2 Å². The molecule has 1 aliphatic heterocycles. The molecule has 1 aromatic carbocycles. The van der Waals surface area contributed by atoms with Crippen molar-refractivity contribution in [3.8, 4) is 10.7 Å². The molecule has 2 N–H and O–H groups in total. The molecule has 1 amide bonds. The first-order chi connectivity index (χ1) is 12.9. The van der Waals surface area contributed by atoms with Crippen molar-refractivity contribution < 1.29 is 23.8 Å². The Morgan fingerprint density at radius 1 is 1.41 bits per heavy atom. The molecule has 3 heterocycles. The van der Waals surface area contributed by atoms with E-state index >= 15 is 0 Å². The van der Waals surface area contributed by atoms with Crippen LogP contribution < -0.4 is 0 Å². The van der Waals surface area contributed by atoms with E-state index in [1.807, 2.05) is 13.0 Å². The summed E-state index contributed by atoms with van der Waals surface area (Å²) in [5, 5.41) is 9.32. The van der Waals surface area contributed by atoms with Gasteiger partial charge in [0.15, 0.2) is 0 Å². The molecule has 9 heteroatoms. The zero-order valence-corrected chi connectivity index (χ0v) is 15.4. The molecule has 2 aromatic heterocycles. The third-order valence-corrected chi connectivity index (χ3v) is 5.86. The van der Waals surface area contributed by atoms with Gasteiger partial charge in [-0.3, -0.25) is 0 Å². The Morgan fingerprint density at radius 3 is 2.89 bits per heavy atom. The molecule has 0 radical (unpaired) electrons. The van der Waals surface area contributed by atoms with Gasteiger partial charge in [0.05, 0.1) is 29.6 Å². The van der Waals surface area contributed by atoms with E-state index in [9.17, 15) is 19.1 Å². The number of carbonyl (C=O) groups is 2. The normalized spacial score (nSPS) is 16.4. The highest BCUT2D eigenvalue weighted by Crippen LogP contribution is 2.36. The van der Waals surface area contributed by atoms with Crippen molar-refractivity contribution in [2.24, 2.45) is 0 Å². The van der Waals surface area contributed by atoms with Crippen LogP contribution in [0.15, 0.2) is 18.2 Å². The third-order valence-electron chi connectivity index (χ3n) is 4.69. The number of rotatable bonds is 2. The SMILES string of the molecule is COC(=O)c1cc(F)cc2[nH]c(-c3cc4c(s3)CN(C(=O)O)C(C)C4)nc12. The lowest BCUT2D eigenvalue weighted by molar-refractivity contribution is 0.0602. The summed E-state index contributed by atoms with van der Waals surface area (Å²) in [6.45, 7) is 2.21. The first-order valence-electron chi connectivity index (χ1n) is 8.26. The Hall–Kier alpha value is -2.94. The second-order valence-electron chi connectivity index (χ2n) is 6.45. The summed E-state index contributed by atoms with van der Waals surface area (Å²) in [4.78, 5) is 34.0. The summed E-state index contributed by atoms with van der Waals surface area (Å²) in [7, 11) is 1.23. The minimum Gasteiger partial charge on any atom is -0.465 e. The molecular weight excluding hydrogens is 373 g/mol. The first kappa shape index (κ1) is 17.5. The smallest absolute Gasteiger partial charge is 0.407 e. The third kappa shape index (κ3) is 2.93. The van der Waals surface area contributed by atoms with E-state index in [0.29, 0.717) is 29.8 Å². The number of halogens is 1. The summed E-state index contributed by atoms with van der Waals surface area (Å²) in [5.74, 6) is -0.710. The van der Waals surface area contributed by atoms with Gasteiger partial charge in [-0.05, 0) is 37.1 Å². The van der Waals surface area contributed by atoms with Crippen LogP contribution in [0, 0.1) is 5.82 Å². The zero-order valence-electron chi connectivity index (χ0n) is 14.6. The Labute approximate surface area is 157 Å². The molecular formula is C18H16FN3O4S. The fraction of sp³-hybridized carbons (Fsp3) is 0.278. The summed E-state index contributed by atoms with van der Waals surface area (Å²) >= 11 is 1.44. The number of esters is 1. The van der Waals surface area contributed by atoms with Crippen LogP contribution in [0.25, 0.3) is 21.7 Å². The summed E-state index contributed by atoms with van der Waals surface area (Å²) in [6.07, 6.45) is -0.314. The molecule has 1 atom stereocenters. The number of hydrogen-bond acceptors (Lipinski definition) is 5. The van der Waals surface area contributed by atoms with Crippen molar-refractivity contribution in [3.63, 3.8) is 0 Å². The van der Waals surface area contributed by atoms with Gasteiger partial charge >= 0.3 is 12.1 Å². The topological polar surface area (TPSA) is 95.5 Å². The largest absolute Gasteiger partial charge is 0.465 e. The number of aromatic nitrogens is 2. The Kier molecular flexibility index (Phi) is 4.11. The number of nitrogens with zero attached hydrogens (tertiary/aromatic N) is 2. The van der Waals surface area contributed by atoms with Gasteiger partial charge in [-0.25, -0.2) is 19.0 Å². The molecule has 0 spiro atoms. The molecule has 0 fully saturated rings. The van der Waals surface area contributed by atoms with Gasteiger partial charge in [-0.2, -0.15) is 0 Å². The number of imidazole rings is 1. The first-order valence-corrected chi connectivity index (χ1v) is 9.08. The second kappa shape index (κ2) is 6.34. The average Bonchev–Trinajstić information content (AvgIpc) is 3.22. The predicted octanol–water partition coefficient (Wildman–Crippen LogP) is 3.64. The molecule has 0 aliphatic carbocycles. The minimum absolute atomic E-state index is 0.0574. The van der Waals surface area contributed by atoms with E-state index in [2.05, 4.69) is 9.97 Å². The number of amides is 1. The van der Waals surface area contributed by atoms with Crippen molar-refractivity contribution in [1.82, 2.24) is 14.9 Å². The maximum Gasteiger partial charge on any atom is 0.407 e. The van der Waals surface area contributed by atoms with Gasteiger partial charge in [0.2, 0.25) is 0 Å². The standard InChI is InChI=1S/C18H16FN3O4S/c1-8-3-9-4-13(27-14(9)7-22(8)18(24)25)16-20-12-6-10(19)5-11(15(12)21-16)17(23)26-2/h4-6,8H,3,7H2,1-2H3,(H,20,21)(H,24,25). The van der Waals surface area contributed by atoms with Crippen molar-refractivity contribution in [2.45, 2.75) is 25.9 Å². The average molecular weight is 389 g/mol. The fourth-order valence-electron chi connectivity index (χ4n) is 3.35. The maximum absolute atomic E-state index is 13.8. The Balaban J connectivity index is 1.77. The Morgan fingerprint density at radius 2 is 2.19 bits per heavy atom. The quantitative estimate of drug-likeness (QED) is 0.653. The molecule has 3 aromatic rings. The van der Waals surface area contributed by atoms with Crippen LogP contribution in [-0.2, 0) is 17.7 Å². The van der Waals surface area contributed by atoms with Crippen molar-refractivity contribution in [3.05, 3.63) is 40.0 Å². The van der Waals surface area contributed by atoms with Crippen LogP contribution in [0.2, 0.25) is 0 Å². The van der Waals surface area contributed by atoms with Crippen LogP contribution >= 0.6 is 11.3 Å². The van der Waals surface area contributed by atoms with E-state index in [4.69, 9.17) is 4.74 Å². The van der Waals surface area contributed by atoms with Crippen molar-refractivity contribution >= 4 is 34.4 Å². The van der Waals surface area contributed by atoms with E-state index in [1.165, 1.54) is 29.4 Å². The summed E-state index contributed by atoms with van der Waals surface area (Å²) < 4.78 is 18.5. The van der Waals surface area contributed by atoms with Gasteiger partial charge in [0.25, 0.3) is 0 Å². The van der Waals surface area contributed by atoms with E-state index in [-0.39, 0.29) is 11.6 Å². The minimum atomic E-state index is -0.940. The molecule has 1 aliphatic rings. The Bertz CT molecular complexity index is 1070. The van der Waals surface area contributed by atoms with E-state index in [1.54, 1.807) is 0 Å². The highest BCUT2D eigenvalue weighted by Gasteiger charge is 2.29. The van der Waals surface area contributed by atoms with Gasteiger partial charge in [-0.15, -0.1) is 11.3 Å². The molecule has 0 saturated carbocycles. The summed E-state index contributed by atoms with van der Waals surface area (Å²) in [6, 6.07) is 4.25. The van der Waals surface area contributed by atoms with Gasteiger partial charge in [-0.1, -0.05) is 0 Å². The van der Waals surface area contributed by atoms with Crippen molar-refractivity contribution in [1.29, 1.82) is 0 Å². The number of benzene rings is 1. The molecule has 1 unspecified atom stereocenters. The summed E-state index contributed by atoms with van der Waals surface area (Å²) in [5.41, 5.74) is 1.88. The number of thiophene rings is 1. The van der Waals surface area contributed by atoms with E-state index < -0.39 is 17.9 Å². The van der Waals surface area contributed by atoms with Crippen molar-refractivity contribution in [2.75, 3.05) is 7.11 Å². The molecule has 27 heavy (non-hydrogen) atoms. The maximum atomic E-state index is 13.8. The number of carbonyl (C=O) groups excluding carboxylic acids is 1. The number of hydrogen-bond donors (Lipinski definition) is 2. The highest BCUT2D eigenvalue weighted by atomic mass is 32.1.